The van der Waals surface area contributed by atoms with E-state index in [-0.39, 0.29) is 32.3 Å². The van der Waals surface area contributed by atoms with Crippen molar-refractivity contribution in [3.8, 4) is 0 Å². The number of allylic oxidation sites excluding steroid dienone is 4. The minimum absolute atomic E-state index is 0.0975. The van der Waals surface area contributed by atoms with Gasteiger partial charge in [-0.15, -0.1) is 0 Å². The molecule has 3 N–H and O–H groups in total. The van der Waals surface area contributed by atoms with Crippen LogP contribution in [0.4, 0.5) is 0 Å². The van der Waals surface area contributed by atoms with Crippen LogP contribution in [0.1, 0.15) is 155 Å². The molecule has 0 bridgehead atoms. The van der Waals surface area contributed by atoms with Gasteiger partial charge in [0.25, 0.3) is 0 Å². The Bertz CT molecular complexity index is 732. The van der Waals surface area contributed by atoms with Gasteiger partial charge < -0.3 is 20.1 Å². The molecule has 0 heterocycles. The van der Waals surface area contributed by atoms with Crippen molar-refractivity contribution in [1.29, 1.82) is 0 Å². The first-order valence-electron chi connectivity index (χ1n) is 17.8. The van der Waals surface area contributed by atoms with Gasteiger partial charge in [-0.2, -0.15) is 0 Å². The Balaban J connectivity index is 4.13. The van der Waals surface area contributed by atoms with Crippen molar-refractivity contribution in [2.45, 2.75) is 161 Å². The van der Waals surface area contributed by atoms with Crippen molar-refractivity contribution in [3.05, 3.63) is 24.3 Å². The van der Waals surface area contributed by atoms with Crippen molar-refractivity contribution >= 4 is 13.8 Å². The van der Waals surface area contributed by atoms with Crippen molar-refractivity contribution in [2.75, 3.05) is 33.0 Å². The van der Waals surface area contributed by atoms with E-state index in [2.05, 4.69) is 38.2 Å². The Labute approximate surface area is 270 Å². The molecule has 2 atom stereocenters. The molecular weight excluding hydrogens is 577 g/mol. The first-order valence-corrected chi connectivity index (χ1v) is 19.3. The Morgan fingerprint density at radius 1 is 0.659 bits per heavy atom. The minimum atomic E-state index is -4.27. The van der Waals surface area contributed by atoms with E-state index in [0.29, 0.717) is 13.0 Å². The molecule has 9 heteroatoms. The number of ether oxygens (including phenoxy) is 2. The third-order valence-electron chi connectivity index (χ3n) is 7.34. The van der Waals surface area contributed by atoms with E-state index in [0.717, 1.165) is 44.9 Å². The number of rotatable bonds is 34. The zero-order valence-electron chi connectivity index (χ0n) is 28.4. The number of unbranched alkanes of at least 4 members (excludes halogenated alkanes) is 17. The predicted molar refractivity (Wildman–Crippen MR) is 183 cm³/mol. The summed E-state index contributed by atoms with van der Waals surface area (Å²) in [4.78, 5) is 22.3. The van der Waals surface area contributed by atoms with E-state index in [1.165, 1.54) is 89.9 Å². The summed E-state index contributed by atoms with van der Waals surface area (Å²) in [7, 11) is -4.27. The lowest BCUT2D eigenvalue weighted by Crippen LogP contribution is -2.28. The van der Waals surface area contributed by atoms with E-state index in [9.17, 15) is 14.3 Å². The molecule has 0 amide bonds. The van der Waals surface area contributed by atoms with Crippen LogP contribution in [0, 0.1) is 0 Å². The fourth-order valence-corrected chi connectivity index (χ4v) is 5.44. The van der Waals surface area contributed by atoms with Crippen LogP contribution in [-0.4, -0.2) is 49.9 Å². The number of carbonyl (C=O) groups is 1. The first kappa shape index (κ1) is 43.0. The monoisotopic (exact) mass is 645 g/mol. The summed E-state index contributed by atoms with van der Waals surface area (Å²) in [6, 6.07) is 0. The van der Waals surface area contributed by atoms with Crippen LogP contribution in [0.15, 0.2) is 24.3 Å². The van der Waals surface area contributed by atoms with Gasteiger partial charge >= 0.3 is 13.8 Å². The highest BCUT2D eigenvalue weighted by Crippen LogP contribution is 2.43. The maximum atomic E-state index is 12.5. The lowest BCUT2D eigenvalue weighted by molar-refractivity contribution is -0.154. The Morgan fingerprint density at radius 2 is 1.16 bits per heavy atom. The van der Waals surface area contributed by atoms with Gasteiger partial charge in [0, 0.05) is 19.6 Å². The molecule has 0 aliphatic heterocycles. The fourth-order valence-electron chi connectivity index (χ4n) is 4.68. The maximum Gasteiger partial charge on any atom is 0.472 e. The standard InChI is InChI=1S/C35H68NO7P/c1-3-5-7-9-11-13-15-16-17-19-21-23-25-27-30-40-32-34(33-42-44(38,39)41-31-29-36)43-35(37)28-26-24-22-20-18-14-12-10-8-6-4-2/h10,12-13,15,34H,3-9,11,14,16-33,36H2,1-2H3,(H,38,39)/b12-10-,15-13-. The van der Waals surface area contributed by atoms with E-state index in [1.54, 1.807) is 0 Å². The molecule has 0 aliphatic carbocycles. The van der Waals surface area contributed by atoms with Crippen LogP contribution in [-0.2, 0) is 27.9 Å². The molecule has 8 nitrogen and oxygen atoms in total. The van der Waals surface area contributed by atoms with Crippen LogP contribution in [0.3, 0.4) is 0 Å². The molecule has 0 aliphatic rings. The van der Waals surface area contributed by atoms with E-state index >= 15 is 0 Å². The fraction of sp³-hybridized carbons (Fsp3) is 0.857. The van der Waals surface area contributed by atoms with E-state index in [4.69, 9.17) is 24.3 Å². The van der Waals surface area contributed by atoms with Gasteiger partial charge in [0.2, 0.25) is 0 Å². The highest BCUT2D eigenvalue weighted by molar-refractivity contribution is 7.47. The van der Waals surface area contributed by atoms with Crippen LogP contribution >= 0.6 is 7.82 Å². The number of hydrogen-bond acceptors (Lipinski definition) is 7. The molecule has 0 radical (unpaired) electrons. The number of hydrogen-bond donors (Lipinski definition) is 2. The quantitative estimate of drug-likeness (QED) is 0.0307. The second-order valence-corrected chi connectivity index (χ2v) is 13.2. The summed E-state index contributed by atoms with van der Waals surface area (Å²) >= 11 is 0. The van der Waals surface area contributed by atoms with Gasteiger partial charge in [0.15, 0.2) is 0 Å². The lowest BCUT2D eigenvalue weighted by atomic mass is 10.1. The van der Waals surface area contributed by atoms with E-state index in [1.807, 2.05) is 0 Å². The predicted octanol–water partition coefficient (Wildman–Crippen LogP) is 9.74. The first-order chi connectivity index (χ1) is 21.4. The van der Waals surface area contributed by atoms with Crippen molar-refractivity contribution in [3.63, 3.8) is 0 Å². The van der Waals surface area contributed by atoms with E-state index < -0.39 is 13.9 Å². The average molecular weight is 646 g/mol. The summed E-state index contributed by atoms with van der Waals surface area (Å²) < 4.78 is 33.2. The van der Waals surface area contributed by atoms with Crippen LogP contribution < -0.4 is 5.73 Å². The van der Waals surface area contributed by atoms with Crippen LogP contribution in [0.5, 0.6) is 0 Å². The Kier molecular flexibility index (Phi) is 32.6. The molecular formula is C35H68NO7P. The van der Waals surface area contributed by atoms with Crippen molar-refractivity contribution in [2.24, 2.45) is 5.73 Å². The number of nitrogens with two attached hydrogens (primary N) is 1. The number of phosphoric ester groups is 1. The van der Waals surface area contributed by atoms with Crippen LogP contribution in [0.25, 0.3) is 0 Å². The minimum Gasteiger partial charge on any atom is -0.457 e. The van der Waals surface area contributed by atoms with Gasteiger partial charge in [0.05, 0.1) is 19.8 Å². The summed E-state index contributed by atoms with van der Waals surface area (Å²) in [6.45, 7) is 4.83. The Morgan fingerprint density at radius 3 is 1.73 bits per heavy atom. The molecule has 2 unspecified atom stereocenters. The molecule has 0 aromatic heterocycles. The normalized spacial score (nSPS) is 14.0. The SMILES string of the molecule is CCCC/C=C\CCCCCCCC(=O)OC(COCCCCCCCC/C=C\CCCCCC)COP(=O)(O)OCCN. The highest BCUT2D eigenvalue weighted by Gasteiger charge is 2.25. The molecule has 0 fully saturated rings. The molecule has 44 heavy (non-hydrogen) atoms. The molecule has 0 aromatic carbocycles. The number of esters is 1. The summed E-state index contributed by atoms with van der Waals surface area (Å²) in [5.41, 5.74) is 5.34. The molecule has 260 valence electrons. The smallest absolute Gasteiger partial charge is 0.457 e. The molecule has 0 spiro atoms. The maximum absolute atomic E-state index is 12.5. The average Bonchev–Trinajstić information content (AvgIpc) is 3.01. The molecule has 0 rings (SSSR count). The second-order valence-electron chi connectivity index (χ2n) is 11.7. The topological polar surface area (TPSA) is 117 Å². The van der Waals surface area contributed by atoms with Gasteiger partial charge in [-0.3, -0.25) is 13.8 Å². The van der Waals surface area contributed by atoms with Crippen molar-refractivity contribution < 1.29 is 32.8 Å². The van der Waals surface area contributed by atoms with Gasteiger partial charge in [-0.05, 0) is 57.8 Å². The summed E-state index contributed by atoms with van der Waals surface area (Å²) in [5, 5.41) is 0. The zero-order chi connectivity index (χ0) is 32.4. The lowest BCUT2D eigenvalue weighted by Gasteiger charge is -2.20. The van der Waals surface area contributed by atoms with Gasteiger partial charge in [0.1, 0.15) is 6.10 Å². The summed E-state index contributed by atoms with van der Waals surface area (Å²) in [5.74, 6) is -0.344. The third kappa shape index (κ3) is 32.4. The summed E-state index contributed by atoms with van der Waals surface area (Å²) in [6.07, 6.45) is 33.3. The van der Waals surface area contributed by atoms with Crippen LogP contribution in [0.2, 0.25) is 0 Å². The number of phosphoric acid groups is 1. The highest BCUT2D eigenvalue weighted by atomic mass is 31.2. The number of carbonyl (C=O) groups excluding carboxylic acids is 1. The van der Waals surface area contributed by atoms with Gasteiger partial charge in [-0.1, -0.05) is 115 Å². The van der Waals surface area contributed by atoms with Crippen molar-refractivity contribution in [1.82, 2.24) is 0 Å². The Hall–Kier alpha value is -1.02. The molecule has 0 saturated carbocycles. The second kappa shape index (κ2) is 33.3. The third-order valence-corrected chi connectivity index (χ3v) is 8.33. The molecule has 0 aromatic rings. The van der Waals surface area contributed by atoms with Gasteiger partial charge in [-0.25, -0.2) is 4.57 Å². The largest absolute Gasteiger partial charge is 0.472 e. The zero-order valence-corrected chi connectivity index (χ0v) is 29.3. The molecule has 0 saturated heterocycles.